The van der Waals surface area contributed by atoms with Gasteiger partial charge in [-0.25, -0.2) is 0 Å². The molecule has 0 bridgehead atoms. The van der Waals surface area contributed by atoms with Gasteiger partial charge >= 0.3 is 0 Å². The van der Waals surface area contributed by atoms with Crippen molar-refractivity contribution in [1.29, 1.82) is 0 Å². The average molecular weight is 346 g/mol. The van der Waals surface area contributed by atoms with E-state index in [1.54, 1.807) is 0 Å². The third-order valence-electron chi connectivity index (χ3n) is 3.83. The maximum Gasteiger partial charge on any atom is 0.105 e. The Bertz CT molecular complexity index is 430. The zero-order chi connectivity index (χ0) is 14.5. The number of nitrogens with zero attached hydrogens (tertiary/aromatic N) is 3. The minimum Gasteiger partial charge on any atom is -0.387 e. The largest absolute Gasteiger partial charge is 0.387 e. The van der Waals surface area contributed by atoms with Crippen LogP contribution in [0.1, 0.15) is 37.3 Å². The number of ether oxygens (including phenoxy) is 1. The predicted octanol–water partition coefficient (Wildman–Crippen LogP) is 1.89. The Morgan fingerprint density at radius 3 is 2.70 bits per heavy atom. The number of hydrogen-bond donors (Lipinski definition) is 1. The minimum absolute atomic E-state index is 0.489. The van der Waals surface area contributed by atoms with Crippen LogP contribution < -0.4 is 0 Å². The van der Waals surface area contributed by atoms with E-state index in [-0.39, 0.29) is 0 Å². The molecule has 2 rings (SSSR count). The summed E-state index contributed by atoms with van der Waals surface area (Å²) >= 11 is 3.56. The Morgan fingerprint density at radius 2 is 2.10 bits per heavy atom. The molecule has 20 heavy (non-hydrogen) atoms. The van der Waals surface area contributed by atoms with Crippen molar-refractivity contribution in [2.45, 2.75) is 32.3 Å². The summed E-state index contributed by atoms with van der Waals surface area (Å²) in [5, 5.41) is 14.7. The standard InChI is InChI=1S/C14H24BrN3O2/c1-3-11-13(15)14(16-17(11)2)12(19)5-4-6-18-7-9-20-10-8-18/h12,19H,3-10H2,1-2H3/t12-/m1/s1. The number of aromatic nitrogens is 2. The van der Waals surface area contributed by atoms with E-state index in [4.69, 9.17) is 4.74 Å². The van der Waals surface area contributed by atoms with Crippen LogP contribution in [0.4, 0.5) is 0 Å². The summed E-state index contributed by atoms with van der Waals surface area (Å²) in [6, 6.07) is 0. The molecule has 1 aromatic rings. The Hall–Kier alpha value is -0.430. The molecule has 114 valence electrons. The van der Waals surface area contributed by atoms with E-state index < -0.39 is 6.10 Å². The number of aryl methyl sites for hydroxylation is 1. The van der Waals surface area contributed by atoms with E-state index in [2.05, 4.69) is 32.9 Å². The second kappa shape index (κ2) is 7.54. The molecule has 0 radical (unpaired) electrons. The van der Waals surface area contributed by atoms with Crippen molar-refractivity contribution in [3.8, 4) is 0 Å². The molecule has 1 aliphatic heterocycles. The van der Waals surface area contributed by atoms with Gasteiger partial charge in [0, 0.05) is 20.1 Å². The van der Waals surface area contributed by atoms with Gasteiger partial charge in [0.1, 0.15) is 5.69 Å². The molecule has 0 spiro atoms. The Morgan fingerprint density at radius 1 is 1.40 bits per heavy atom. The number of hydrogen-bond acceptors (Lipinski definition) is 4. The van der Waals surface area contributed by atoms with E-state index in [9.17, 15) is 5.11 Å². The van der Waals surface area contributed by atoms with E-state index in [1.165, 1.54) is 0 Å². The highest BCUT2D eigenvalue weighted by molar-refractivity contribution is 9.10. The number of rotatable bonds is 6. The third-order valence-corrected chi connectivity index (χ3v) is 4.70. The molecule has 0 amide bonds. The number of halogens is 1. The van der Waals surface area contributed by atoms with Crippen LogP contribution >= 0.6 is 15.9 Å². The molecule has 0 aliphatic carbocycles. The topological polar surface area (TPSA) is 50.5 Å². The molecule has 1 N–H and O–H groups in total. The molecule has 0 aromatic carbocycles. The number of aliphatic hydroxyl groups is 1. The van der Waals surface area contributed by atoms with Gasteiger partial charge in [-0.1, -0.05) is 6.92 Å². The molecule has 1 saturated heterocycles. The number of morpholine rings is 1. The predicted molar refractivity (Wildman–Crippen MR) is 81.7 cm³/mol. The summed E-state index contributed by atoms with van der Waals surface area (Å²) in [6.45, 7) is 6.77. The van der Waals surface area contributed by atoms with Gasteiger partial charge in [-0.15, -0.1) is 0 Å². The SMILES string of the molecule is CCc1c(Br)c([C@H](O)CCCN2CCOCC2)nn1C. The fourth-order valence-electron chi connectivity index (χ4n) is 2.62. The summed E-state index contributed by atoms with van der Waals surface area (Å²) < 4.78 is 8.14. The van der Waals surface area contributed by atoms with E-state index in [1.807, 2.05) is 11.7 Å². The molecular weight excluding hydrogens is 322 g/mol. The summed E-state index contributed by atoms with van der Waals surface area (Å²) in [5.74, 6) is 0. The quantitative estimate of drug-likeness (QED) is 0.855. The van der Waals surface area contributed by atoms with Gasteiger partial charge < -0.3 is 9.84 Å². The minimum atomic E-state index is -0.489. The van der Waals surface area contributed by atoms with Crippen LogP contribution in [0.15, 0.2) is 4.47 Å². The van der Waals surface area contributed by atoms with Crippen molar-refractivity contribution < 1.29 is 9.84 Å². The highest BCUT2D eigenvalue weighted by atomic mass is 79.9. The molecule has 2 heterocycles. The lowest BCUT2D eigenvalue weighted by Crippen LogP contribution is -2.36. The third kappa shape index (κ3) is 3.81. The Labute approximate surface area is 129 Å². The molecule has 1 aromatic heterocycles. The van der Waals surface area contributed by atoms with Crippen LogP contribution in [-0.4, -0.2) is 52.6 Å². The lowest BCUT2D eigenvalue weighted by molar-refractivity contribution is 0.0351. The summed E-state index contributed by atoms with van der Waals surface area (Å²) in [4.78, 5) is 2.39. The fourth-order valence-corrected chi connectivity index (χ4v) is 3.50. The van der Waals surface area contributed by atoms with Gasteiger partial charge in [0.25, 0.3) is 0 Å². The summed E-state index contributed by atoms with van der Waals surface area (Å²) in [7, 11) is 1.92. The van der Waals surface area contributed by atoms with Crippen LogP contribution in [0, 0.1) is 0 Å². The van der Waals surface area contributed by atoms with Crippen LogP contribution in [0.2, 0.25) is 0 Å². The summed E-state index contributed by atoms with van der Waals surface area (Å²) in [6.07, 6.45) is 2.14. The van der Waals surface area contributed by atoms with Crippen LogP contribution in [0.5, 0.6) is 0 Å². The zero-order valence-electron chi connectivity index (χ0n) is 12.3. The van der Waals surface area contributed by atoms with Crippen LogP contribution in [0.25, 0.3) is 0 Å². The van der Waals surface area contributed by atoms with Gasteiger partial charge in [-0.2, -0.15) is 5.10 Å². The second-order valence-corrected chi connectivity index (χ2v) is 6.03. The van der Waals surface area contributed by atoms with Crippen molar-refractivity contribution in [3.63, 3.8) is 0 Å². The average Bonchev–Trinajstić information content (AvgIpc) is 2.74. The normalized spacial score (nSPS) is 18.4. The van der Waals surface area contributed by atoms with Gasteiger partial charge in [0.05, 0.1) is 29.5 Å². The monoisotopic (exact) mass is 345 g/mol. The van der Waals surface area contributed by atoms with Crippen molar-refractivity contribution in [2.24, 2.45) is 7.05 Å². The second-order valence-electron chi connectivity index (χ2n) is 5.24. The van der Waals surface area contributed by atoms with Crippen LogP contribution in [0.3, 0.4) is 0 Å². The molecule has 5 nitrogen and oxygen atoms in total. The smallest absolute Gasteiger partial charge is 0.105 e. The zero-order valence-corrected chi connectivity index (χ0v) is 13.9. The molecule has 6 heteroatoms. The first kappa shape index (κ1) is 15.9. The highest BCUT2D eigenvalue weighted by Gasteiger charge is 2.19. The highest BCUT2D eigenvalue weighted by Crippen LogP contribution is 2.28. The van der Waals surface area contributed by atoms with Crippen LogP contribution in [-0.2, 0) is 18.2 Å². The Balaban J connectivity index is 1.83. The van der Waals surface area contributed by atoms with E-state index >= 15 is 0 Å². The van der Waals surface area contributed by atoms with Crippen molar-refractivity contribution in [1.82, 2.24) is 14.7 Å². The van der Waals surface area contributed by atoms with Crippen molar-refractivity contribution in [3.05, 3.63) is 15.9 Å². The maximum atomic E-state index is 10.3. The lowest BCUT2D eigenvalue weighted by atomic mass is 10.1. The van der Waals surface area contributed by atoms with E-state index in [0.717, 1.165) is 68.0 Å². The molecule has 1 fully saturated rings. The first-order valence-corrected chi connectivity index (χ1v) is 8.12. The number of aliphatic hydroxyl groups excluding tert-OH is 1. The molecule has 0 saturated carbocycles. The molecule has 0 unspecified atom stereocenters. The summed E-state index contributed by atoms with van der Waals surface area (Å²) in [5.41, 5.74) is 1.90. The van der Waals surface area contributed by atoms with Crippen molar-refractivity contribution >= 4 is 15.9 Å². The van der Waals surface area contributed by atoms with Gasteiger partial charge in [0.15, 0.2) is 0 Å². The molecule has 1 atom stereocenters. The Kier molecular flexibility index (Phi) is 6.01. The first-order chi connectivity index (χ1) is 9.63. The maximum absolute atomic E-state index is 10.3. The van der Waals surface area contributed by atoms with Gasteiger partial charge in [-0.3, -0.25) is 9.58 Å². The van der Waals surface area contributed by atoms with Gasteiger partial charge in [-0.05, 0) is 41.7 Å². The molecule has 1 aliphatic rings. The van der Waals surface area contributed by atoms with Crippen molar-refractivity contribution in [2.75, 3.05) is 32.8 Å². The first-order valence-electron chi connectivity index (χ1n) is 7.33. The molecular formula is C14H24BrN3O2. The fraction of sp³-hybridized carbons (Fsp3) is 0.786. The van der Waals surface area contributed by atoms with E-state index in [0.29, 0.717) is 0 Å². The van der Waals surface area contributed by atoms with Gasteiger partial charge in [0.2, 0.25) is 0 Å². The lowest BCUT2D eigenvalue weighted by Gasteiger charge is -2.26.